The molecule has 0 spiro atoms. The van der Waals surface area contributed by atoms with E-state index in [2.05, 4.69) is 11.7 Å². The van der Waals surface area contributed by atoms with Gasteiger partial charge in [-0.3, -0.25) is 0 Å². The van der Waals surface area contributed by atoms with Crippen LogP contribution in [0, 0.1) is 35.0 Å². The maximum Gasteiger partial charge on any atom is 0.432 e. The molecule has 3 aromatic rings. The van der Waals surface area contributed by atoms with Crippen molar-refractivity contribution < 1.29 is 53.4 Å². The van der Waals surface area contributed by atoms with Crippen LogP contribution in [0.25, 0.3) is 11.1 Å². The van der Waals surface area contributed by atoms with Crippen molar-refractivity contribution in [1.29, 1.82) is 0 Å². The lowest BCUT2D eigenvalue weighted by atomic mass is 9.90. The first-order valence-corrected chi connectivity index (χ1v) is 13.2. The molecule has 0 amide bonds. The van der Waals surface area contributed by atoms with E-state index in [-0.39, 0.29) is 17.7 Å². The minimum absolute atomic E-state index is 0.0444. The highest BCUT2D eigenvalue weighted by Gasteiger charge is 2.42. The number of unbranched alkanes of at least 4 members (excludes halogenated alkanes) is 2. The summed E-state index contributed by atoms with van der Waals surface area (Å²) in [4.78, 5) is 0. The lowest BCUT2D eigenvalue weighted by Crippen LogP contribution is -2.26. The third-order valence-electron chi connectivity index (χ3n) is 7.14. The molecule has 1 aliphatic rings. The summed E-state index contributed by atoms with van der Waals surface area (Å²) in [5, 5.41) is 0. The Morgan fingerprint density at radius 3 is 1.90 bits per heavy atom. The van der Waals surface area contributed by atoms with E-state index in [0.29, 0.717) is 37.1 Å². The van der Waals surface area contributed by atoms with Crippen molar-refractivity contribution in [2.24, 2.45) is 5.92 Å². The first-order chi connectivity index (χ1) is 19.7. The van der Waals surface area contributed by atoms with E-state index in [0.717, 1.165) is 44.2 Å². The van der Waals surface area contributed by atoms with Crippen LogP contribution in [0.4, 0.5) is 43.9 Å². The van der Waals surface area contributed by atoms with Gasteiger partial charge in [-0.25, -0.2) is 22.0 Å². The number of hydrogen-bond acceptors (Lipinski definition) is 2. The van der Waals surface area contributed by atoms with Gasteiger partial charge in [-0.05, 0) is 72.7 Å². The Balaban J connectivity index is 1.50. The molecule has 2 unspecified atom stereocenters. The van der Waals surface area contributed by atoms with Gasteiger partial charge >= 0.3 is 12.3 Å². The Hall–Kier alpha value is -3.28. The number of hydrogen-bond donors (Lipinski definition) is 0. The van der Waals surface area contributed by atoms with Crippen molar-refractivity contribution in [3.8, 4) is 16.9 Å². The van der Waals surface area contributed by atoms with Crippen LogP contribution in [0.3, 0.4) is 0 Å². The van der Waals surface area contributed by atoms with Crippen molar-refractivity contribution in [3.63, 3.8) is 0 Å². The van der Waals surface area contributed by atoms with Crippen LogP contribution >= 0.6 is 0 Å². The molecule has 1 aliphatic heterocycles. The smallest absolute Gasteiger partial charge is 0.429 e. The molecule has 0 bridgehead atoms. The molecule has 0 N–H and O–H groups in total. The Labute approximate surface area is 235 Å². The van der Waals surface area contributed by atoms with Crippen LogP contribution in [0.1, 0.15) is 68.2 Å². The second-order valence-corrected chi connectivity index (χ2v) is 10.2. The van der Waals surface area contributed by atoms with Gasteiger partial charge in [-0.15, -0.1) is 0 Å². The summed E-state index contributed by atoms with van der Waals surface area (Å²) in [5.41, 5.74) is -5.15. The quantitative estimate of drug-likeness (QED) is 0.178. The van der Waals surface area contributed by atoms with Crippen LogP contribution in [-0.2, 0) is 17.0 Å². The molecule has 1 saturated heterocycles. The Bertz CT molecular complexity index is 1370. The van der Waals surface area contributed by atoms with Crippen LogP contribution in [0.5, 0.6) is 5.75 Å². The van der Waals surface area contributed by atoms with Crippen molar-refractivity contribution in [2.75, 3.05) is 6.61 Å². The van der Waals surface area contributed by atoms with Crippen LogP contribution < -0.4 is 4.74 Å². The van der Waals surface area contributed by atoms with Gasteiger partial charge in [0, 0.05) is 11.6 Å². The predicted molar refractivity (Wildman–Crippen MR) is 133 cm³/mol. The first kappa shape index (κ1) is 31.7. The highest BCUT2D eigenvalue weighted by molar-refractivity contribution is 5.66. The maximum atomic E-state index is 14.9. The van der Waals surface area contributed by atoms with Crippen LogP contribution in [0.15, 0.2) is 42.5 Å². The third kappa shape index (κ3) is 7.02. The molecule has 12 heteroatoms. The average molecular weight is 609 g/mol. The molecule has 3 aromatic carbocycles. The second-order valence-electron chi connectivity index (χ2n) is 10.2. The first-order valence-electron chi connectivity index (χ1n) is 13.2. The summed E-state index contributed by atoms with van der Waals surface area (Å²) in [5.74, 6) is -9.26. The second kappa shape index (κ2) is 12.5. The fraction of sp³-hybridized carbons (Fsp3) is 0.400. The van der Waals surface area contributed by atoms with Gasteiger partial charge in [-0.2, -0.15) is 22.0 Å². The highest BCUT2D eigenvalue weighted by Crippen LogP contribution is 2.40. The van der Waals surface area contributed by atoms with Crippen molar-refractivity contribution in [1.82, 2.24) is 0 Å². The Morgan fingerprint density at radius 1 is 0.762 bits per heavy atom. The molecular weight excluding hydrogens is 582 g/mol. The van der Waals surface area contributed by atoms with Gasteiger partial charge in [0.25, 0.3) is 0 Å². The number of benzene rings is 3. The van der Waals surface area contributed by atoms with Crippen molar-refractivity contribution in [2.45, 2.75) is 63.8 Å². The lowest BCUT2D eigenvalue weighted by molar-refractivity contribution is -0.189. The SMILES string of the molecule is CCCCCC1CCC(c2cc(F)c(C(F)(F)Oc3ccc(-c4cc(F)c(C(F)(F)F)c(F)c4)c(F)c3)c(F)c2)OC1. The predicted octanol–water partition coefficient (Wildman–Crippen LogP) is 10.2. The zero-order valence-electron chi connectivity index (χ0n) is 22.2. The summed E-state index contributed by atoms with van der Waals surface area (Å²) in [6.45, 7) is 2.47. The monoisotopic (exact) mass is 608 g/mol. The molecule has 0 aromatic heterocycles. The summed E-state index contributed by atoms with van der Waals surface area (Å²) >= 11 is 0. The molecule has 2 nitrogen and oxygen atoms in total. The van der Waals surface area contributed by atoms with E-state index in [1.54, 1.807) is 0 Å². The molecular formula is C30H26F10O2. The number of halogens is 10. The number of rotatable bonds is 9. The largest absolute Gasteiger partial charge is 0.432 e. The molecule has 228 valence electrons. The number of ether oxygens (including phenoxy) is 2. The molecule has 1 fully saturated rings. The van der Waals surface area contributed by atoms with Gasteiger partial charge in [0.2, 0.25) is 0 Å². The summed E-state index contributed by atoms with van der Waals surface area (Å²) < 4.78 is 151. The fourth-order valence-electron chi connectivity index (χ4n) is 5.03. The van der Waals surface area contributed by atoms with Crippen LogP contribution in [-0.4, -0.2) is 6.61 Å². The van der Waals surface area contributed by atoms with E-state index in [4.69, 9.17) is 4.74 Å². The van der Waals surface area contributed by atoms with Gasteiger partial charge in [0.05, 0.1) is 12.7 Å². The standard InChI is InChI=1S/C30H26F10O2/c1-2-3-4-5-16-6-9-26(41-15-16)18-12-24(34)28(25(35)13-18)30(39,40)42-19-7-8-20(21(31)14-19)17-10-22(32)27(23(33)11-17)29(36,37)38/h7-8,10-14,16,26H,2-6,9,15H2,1H3. The third-order valence-corrected chi connectivity index (χ3v) is 7.14. The van der Waals surface area contributed by atoms with E-state index >= 15 is 0 Å². The lowest BCUT2D eigenvalue weighted by Gasteiger charge is -2.30. The Morgan fingerprint density at radius 2 is 1.38 bits per heavy atom. The van der Waals surface area contributed by atoms with Gasteiger partial charge in [0.15, 0.2) is 0 Å². The van der Waals surface area contributed by atoms with Crippen molar-refractivity contribution in [3.05, 3.63) is 88.2 Å². The average Bonchev–Trinajstić information content (AvgIpc) is 2.87. The fourth-order valence-corrected chi connectivity index (χ4v) is 5.03. The molecule has 0 aliphatic carbocycles. The van der Waals surface area contributed by atoms with E-state index in [9.17, 15) is 43.9 Å². The summed E-state index contributed by atoms with van der Waals surface area (Å²) in [6.07, 6.45) is -5.27. The van der Waals surface area contributed by atoms with E-state index in [1.807, 2.05) is 0 Å². The molecule has 0 radical (unpaired) electrons. The van der Waals surface area contributed by atoms with E-state index < -0.39 is 75.5 Å². The molecule has 0 saturated carbocycles. The zero-order chi connectivity index (χ0) is 30.8. The highest BCUT2D eigenvalue weighted by atomic mass is 19.4. The van der Waals surface area contributed by atoms with Crippen molar-refractivity contribution >= 4 is 0 Å². The van der Waals surface area contributed by atoms with Gasteiger partial charge < -0.3 is 9.47 Å². The Kier molecular flexibility index (Phi) is 9.44. The normalized spacial score (nSPS) is 17.9. The van der Waals surface area contributed by atoms with Gasteiger partial charge in [-0.1, -0.05) is 26.2 Å². The molecule has 2 atom stereocenters. The number of alkyl halides is 5. The molecule has 42 heavy (non-hydrogen) atoms. The van der Waals surface area contributed by atoms with Crippen LogP contribution in [0.2, 0.25) is 0 Å². The van der Waals surface area contributed by atoms with E-state index in [1.165, 1.54) is 0 Å². The van der Waals surface area contributed by atoms with Gasteiger partial charge in [0.1, 0.15) is 46.0 Å². The molecule has 4 rings (SSSR count). The summed E-state index contributed by atoms with van der Waals surface area (Å²) in [6, 6.07) is 3.69. The molecule has 1 heterocycles. The minimum Gasteiger partial charge on any atom is -0.429 e. The zero-order valence-corrected chi connectivity index (χ0v) is 22.2. The maximum absolute atomic E-state index is 14.9. The topological polar surface area (TPSA) is 18.5 Å². The summed E-state index contributed by atoms with van der Waals surface area (Å²) in [7, 11) is 0. The minimum atomic E-state index is -5.35.